The second-order valence-corrected chi connectivity index (χ2v) is 5.85. The molecule has 2 rings (SSSR count). The van der Waals surface area contributed by atoms with E-state index in [-0.39, 0.29) is 17.9 Å². The zero-order valence-corrected chi connectivity index (χ0v) is 11.9. The van der Waals surface area contributed by atoms with E-state index in [1.165, 1.54) is 0 Å². The number of rotatable bonds is 4. The molecular weight excluding hydrogens is 242 g/mol. The monoisotopic (exact) mass is 265 g/mol. The van der Waals surface area contributed by atoms with E-state index in [0.717, 1.165) is 19.3 Å². The second kappa shape index (κ2) is 5.33. The third-order valence-electron chi connectivity index (χ3n) is 4.09. The minimum Gasteiger partial charge on any atom is -0.388 e. The first-order valence-electron chi connectivity index (χ1n) is 6.98. The number of hydrogen-bond donors (Lipinski definition) is 2. The molecule has 2 atom stereocenters. The Morgan fingerprint density at radius 3 is 2.95 bits per heavy atom. The van der Waals surface area contributed by atoms with Gasteiger partial charge in [0.05, 0.1) is 5.60 Å². The van der Waals surface area contributed by atoms with Gasteiger partial charge in [0, 0.05) is 18.8 Å². The van der Waals surface area contributed by atoms with Gasteiger partial charge in [-0.1, -0.05) is 13.3 Å². The van der Waals surface area contributed by atoms with Crippen molar-refractivity contribution in [2.24, 2.45) is 5.92 Å². The van der Waals surface area contributed by atoms with Gasteiger partial charge in [-0.2, -0.15) is 5.10 Å². The molecule has 0 spiro atoms. The van der Waals surface area contributed by atoms with Crippen molar-refractivity contribution in [2.45, 2.75) is 51.7 Å². The van der Waals surface area contributed by atoms with E-state index in [1.807, 2.05) is 20.8 Å². The van der Waals surface area contributed by atoms with Gasteiger partial charge in [-0.3, -0.25) is 9.48 Å². The first kappa shape index (κ1) is 14.1. The van der Waals surface area contributed by atoms with Crippen LogP contribution in [0.25, 0.3) is 0 Å². The molecule has 5 heteroatoms. The number of hydrogen-bond acceptors (Lipinski definition) is 3. The van der Waals surface area contributed by atoms with Crippen molar-refractivity contribution in [3.05, 3.63) is 18.0 Å². The summed E-state index contributed by atoms with van der Waals surface area (Å²) in [7, 11) is 0. The Labute approximate surface area is 114 Å². The minimum atomic E-state index is -0.754. The van der Waals surface area contributed by atoms with Gasteiger partial charge in [0.15, 0.2) is 0 Å². The van der Waals surface area contributed by atoms with Gasteiger partial charge in [-0.05, 0) is 38.7 Å². The first-order valence-corrected chi connectivity index (χ1v) is 6.98. The molecule has 2 N–H and O–H groups in total. The molecule has 1 heterocycles. The van der Waals surface area contributed by atoms with Crippen LogP contribution in [0.2, 0.25) is 0 Å². The molecule has 0 saturated heterocycles. The average molecular weight is 265 g/mol. The van der Waals surface area contributed by atoms with Crippen LogP contribution in [0.15, 0.2) is 12.3 Å². The van der Waals surface area contributed by atoms with Crippen molar-refractivity contribution in [1.82, 2.24) is 15.1 Å². The van der Waals surface area contributed by atoms with Gasteiger partial charge >= 0.3 is 0 Å². The summed E-state index contributed by atoms with van der Waals surface area (Å²) in [6.07, 6.45) is 4.60. The number of carbonyl (C=O) groups is 1. The summed E-state index contributed by atoms with van der Waals surface area (Å²) in [5, 5.41) is 17.4. The van der Waals surface area contributed by atoms with Gasteiger partial charge in [0.2, 0.25) is 0 Å². The molecule has 1 aliphatic rings. The number of aromatic nitrogens is 2. The van der Waals surface area contributed by atoms with Crippen molar-refractivity contribution in [2.75, 3.05) is 6.54 Å². The highest BCUT2D eigenvalue weighted by Gasteiger charge is 2.38. The highest BCUT2D eigenvalue weighted by atomic mass is 16.3. The fourth-order valence-electron chi connectivity index (χ4n) is 2.56. The van der Waals surface area contributed by atoms with E-state index in [1.54, 1.807) is 16.9 Å². The van der Waals surface area contributed by atoms with Crippen LogP contribution in [0, 0.1) is 5.92 Å². The highest BCUT2D eigenvalue weighted by Crippen LogP contribution is 2.34. The van der Waals surface area contributed by atoms with Crippen molar-refractivity contribution in [3.8, 4) is 0 Å². The SMILES string of the molecule is CC(C)n1ccc(C(=O)NC[C@@]2(O)CCC[C@@H]2C)n1. The van der Waals surface area contributed by atoms with Crippen molar-refractivity contribution in [1.29, 1.82) is 0 Å². The Bertz CT molecular complexity index is 455. The third-order valence-corrected chi connectivity index (χ3v) is 4.09. The summed E-state index contributed by atoms with van der Waals surface area (Å²) in [6, 6.07) is 1.94. The maximum absolute atomic E-state index is 12.0. The highest BCUT2D eigenvalue weighted by molar-refractivity contribution is 5.92. The molecule has 1 aliphatic carbocycles. The van der Waals surface area contributed by atoms with Crippen LogP contribution in [0.3, 0.4) is 0 Å². The van der Waals surface area contributed by atoms with E-state index in [9.17, 15) is 9.90 Å². The number of carbonyl (C=O) groups excluding carboxylic acids is 1. The van der Waals surface area contributed by atoms with Crippen LogP contribution < -0.4 is 5.32 Å². The Kier molecular flexibility index (Phi) is 3.94. The quantitative estimate of drug-likeness (QED) is 0.871. The molecule has 0 aromatic carbocycles. The lowest BCUT2D eigenvalue weighted by molar-refractivity contribution is 0.0101. The Morgan fingerprint density at radius 1 is 1.68 bits per heavy atom. The number of aliphatic hydroxyl groups is 1. The molecule has 106 valence electrons. The third kappa shape index (κ3) is 2.97. The maximum Gasteiger partial charge on any atom is 0.271 e. The molecule has 1 saturated carbocycles. The standard InChI is InChI=1S/C14H23N3O2/c1-10(2)17-8-6-12(16-17)13(18)15-9-14(19)7-4-5-11(14)3/h6,8,10-11,19H,4-5,7,9H2,1-3H3,(H,15,18)/t11-,14-/m0/s1. The second-order valence-electron chi connectivity index (χ2n) is 5.85. The topological polar surface area (TPSA) is 67.2 Å². The predicted octanol–water partition coefficient (Wildman–Crippen LogP) is 1.74. The molecule has 1 fully saturated rings. The molecule has 0 aliphatic heterocycles. The summed E-state index contributed by atoms with van der Waals surface area (Å²) in [5.41, 5.74) is -0.348. The van der Waals surface area contributed by atoms with E-state index < -0.39 is 5.60 Å². The van der Waals surface area contributed by atoms with Crippen LogP contribution in [0.4, 0.5) is 0 Å². The van der Waals surface area contributed by atoms with Gasteiger partial charge in [-0.15, -0.1) is 0 Å². The van der Waals surface area contributed by atoms with Crippen molar-refractivity contribution in [3.63, 3.8) is 0 Å². The van der Waals surface area contributed by atoms with E-state index in [2.05, 4.69) is 10.4 Å². The summed E-state index contributed by atoms with van der Waals surface area (Å²) in [6.45, 7) is 6.36. The van der Waals surface area contributed by atoms with Gasteiger partial charge in [-0.25, -0.2) is 0 Å². The normalized spacial score (nSPS) is 26.9. The molecule has 1 amide bonds. The molecule has 5 nitrogen and oxygen atoms in total. The molecular formula is C14H23N3O2. The minimum absolute atomic E-state index is 0.216. The zero-order chi connectivity index (χ0) is 14.0. The fraction of sp³-hybridized carbons (Fsp3) is 0.714. The van der Waals surface area contributed by atoms with Gasteiger partial charge in [0.1, 0.15) is 5.69 Å². The van der Waals surface area contributed by atoms with Crippen molar-refractivity contribution >= 4 is 5.91 Å². The lowest BCUT2D eigenvalue weighted by Crippen LogP contribution is -2.44. The lowest BCUT2D eigenvalue weighted by atomic mass is 9.92. The average Bonchev–Trinajstić information content (AvgIpc) is 2.96. The van der Waals surface area contributed by atoms with E-state index in [4.69, 9.17) is 0 Å². The largest absolute Gasteiger partial charge is 0.388 e. The molecule has 0 bridgehead atoms. The molecule has 19 heavy (non-hydrogen) atoms. The van der Waals surface area contributed by atoms with Crippen LogP contribution >= 0.6 is 0 Å². The van der Waals surface area contributed by atoms with Gasteiger partial charge < -0.3 is 10.4 Å². The molecule has 0 unspecified atom stereocenters. The maximum atomic E-state index is 12.0. The zero-order valence-electron chi connectivity index (χ0n) is 11.9. The Hall–Kier alpha value is -1.36. The van der Waals surface area contributed by atoms with E-state index >= 15 is 0 Å². The summed E-state index contributed by atoms with van der Waals surface area (Å²) < 4.78 is 1.75. The van der Waals surface area contributed by atoms with Crippen LogP contribution in [0.1, 0.15) is 56.6 Å². The smallest absolute Gasteiger partial charge is 0.271 e. The molecule has 1 aromatic heterocycles. The Balaban J connectivity index is 1.94. The Morgan fingerprint density at radius 2 is 2.42 bits per heavy atom. The van der Waals surface area contributed by atoms with Crippen LogP contribution in [0.5, 0.6) is 0 Å². The lowest BCUT2D eigenvalue weighted by Gasteiger charge is -2.27. The fourth-order valence-corrected chi connectivity index (χ4v) is 2.56. The van der Waals surface area contributed by atoms with E-state index in [0.29, 0.717) is 12.2 Å². The van der Waals surface area contributed by atoms with Crippen molar-refractivity contribution < 1.29 is 9.90 Å². The number of nitrogens with zero attached hydrogens (tertiary/aromatic N) is 2. The predicted molar refractivity (Wildman–Crippen MR) is 72.9 cm³/mol. The molecule has 0 radical (unpaired) electrons. The summed E-state index contributed by atoms with van der Waals surface area (Å²) >= 11 is 0. The van der Waals surface area contributed by atoms with Crippen LogP contribution in [-0.4, -0.2) is 32.9 Å². The summed E-state index contributed by atoms with van der Waals surface area (Å²) in [4.78, 5) is 12.0. The number of nitrogens with one attached hydrogen (secondary N) is 1. The summed E-state index contributed by atoms with van der Waals surface area (Å²) in [5.74, 6) is 0.0212. The van der Waals surface area contributed by atoms with Gasteiger partial charge in [0.25, 0.3) is 5.91 Å². The number of amides is 1. The molecule has 1 aromatic rings. The van der Waals surface area contributed by atoms with Crippen LogP contribution in [-0.2, 0) is 0 Å². The first-order chi connectivity index (χ1) is 8.92.